The maximum atomic E-state index is 12.0. The van der Waals surface area contributed by atoms with E-state index in [0.717, 1.165) is 18.4 Å². The van der Waals surface area contributed by atoms with Crippen LogP contribution in [0.2, 0.25) is 0 Å². The van der Waals surface area contributed by atoms with Crippen LogP contribution < -0.4 is 10.5 Å². The van der Waals surface area contributed by atoms with Gasteiger partial charge in [0.25, 0.3) is 0 Å². The summed E-state index contributed by atoms with van der Waals surface area (Å²) in [6.45, 7) is 3.71. The van der Waals surface area contributed by atoms with Crippen LogP contribution in [-0.2, 0) is 26.0 Å². The largest absolute Gasteiger partial charge is 0.347 e. The summed E-state index contributed by atoms with van der Waals surface area (Å²) in [7, 11) is -3.70. The van der Waals surface area contributed by atoms with Crippen molar-refractivity contribution in [3.05, 3.63) is 29.8 Å². The molecule has 1 heterocycles. The number of hydrogen-bond donors (Lipinski definition) is 2. The maximum Gasteiger partial charge on any atom is 0.311 e. The van der Waals surface area contributed by atoms with Gasteiger partial charge in [-0.2, -0.15) is 0 Å². The monoisotopic (exact) mass is 353 g/mol. The smallest absolute Gasteiger partial charge is 0.311 e. The van der Waals surface area contributed by atoms with E-state index >= 15 is 0 Å². The third kappa shape index (κ3) is 5.04. The Morgan fingerprint density at radius 1 is 1.21 bits per heavy atom. The number of rotatable bonds is 4. The number of amides is 2. The van der Waals surface area contributed by atoms with Gasteiger partial charge in [-0.3, -0.25) is 9.59 Å². The summed E-state index contributed by atoms with van der Waals surface area (Å²) in [6, 6.07) is 6.12. The summed E-state index contributed by atoms with van der Waals surface area (Å²) in [5.74, 6) is -0.477. The molecule has 2 rings (SSSR count). The number of carbonyl (C=O) groups excluding carboxylic acids is 2. The highest BCUT2D eigenvalue weighted by Crippen LogP contribution is 2.15. The maximum absolute atomic E-state index is 12.0. The van der Waals surface area contributed by atoms with Crippen LogP contribution in [0.25, 0.3) is 0 Å². The molecule has 0 aromatic heterocycles. The lowest BCUT2D eigenvalue weighted by molar-refractivity contribution is -0.146. The van der Waals surface area contributed by atoms with E-state index in [0.29, 0.717) is 32.0 Å². The molecule has 0 unspecified atom stereocenters. The van der Waals surface area contributed by atoms with Gasteiger partial charge in [0, 0.05) is 19.6 Å². The Morgan fingerprint density at radius 2 is 1.79 bits per heavy atom. The van der Waals surface area contributed by atoms with Crippen LogP contribution in [0.3, 0.4) is 0 Å². The SMILES string of the molecule is CC1CCN(C(=O)C(=O)NCCc2ccc(S(N)(=O)=O)cc2)CC1. The van der Waals surface area contributed by atoms with Crippen molar-refractivity contribution in [2.24, 2.45) is 11.1 Å². The van der Waals surface area contributed by atoms with Crippen molar-refractivity contribution in [3.8, 4) is 0 Å². The summed E-state index contributed by atoms with van der Waals surface area (Å²) in [4.78, 5) is 25.6. The van der Waals surface area contributed by atoms with Gasteiger partial charge in [-0.15, -0.1) is 0 Å². The summed E-state index contributed by atoms with van der Waals surface area (Å²) >= 11 is 0. The fraction of sp³-hybridized carbons (Fsp3) is 0.500. The molecule has 1 aliphatic rings. The Morgan fingerprint density at radius 3 is 2.33 bits per heavy atom. The van der Waals surface area contributed by atoms with E-state index in [1.165, 1.54) is 12.1 Å². The van der Waals surface area contributed by atoms with Crippen molar-refractivity contribution in [2.75, 3.05) is 19.6 Å². The fourth-order valence-corrected chi connectivity index (χ4v) is 3.11. The Balaban J connectivity index is 1.79. The van der Waals surface area contributed by atoms with Gasteiger partial charge in [-0.25, -0.2) is 13.6 Å². The molecule has 2 amide bonds. The van der Waals surface area contributed by atoms with Crippen molar-refractivity contribution in [3.63, 3.8) is 0 Å². The third-order valence-corrected chi connectivity index (χ3v) is 5.15. The van der Waals surface area contributed by atoms with Crippen LogP contribution in [0.4, 0.5) is 0 Å². The number of nitrogens with two attached hydrogens (primary N) is 1. The fourth-order valence-electron chi connectivity index (χ4n) is 2.60. The zero-order valence-corrected chi connectivity index (χ0v) is 14.5. The Labute approximate surface area is 142 Å². The molecule has 1 aromatic carbocycles. The zero-order valence-electron chi connectivity index (χ0n) is 13.7. The molecule has 0 spiro atoms. The van der Waals surface area contributed by atoms with Crippen molar-refractivity contribution in [1.82, 2.24) is 10.2 Å². The van der Waals surface area contributed by atoms with Gasteiger partial charge in [0.2, 0.25) is 10.0 Å². The van der Waals surface area contributed by atoms with Gasteiger partial charge in [0.1, 0.15) is 0 Å². The Kier molecular flexibility index (Phi) is 5.95. The molecule has 8 heteroatoms. The van der Waals surface area contributed by atoms with E-state index in [2.05, 4.69) is 12.2 Å². The highest BCUT2D eigenvalue weighted by Gasteiger charge is 2.25. The van der Waals surface area contributed by atoms with E-state index < -0.39 is 21.8 Å². The lowest BCUT2D eigenvalue weighted by Crippen LogP contribution is -2.46. The number of sulfonamides is 1. The molecule has 1 aliphatic heterocycles. The van der Waals surface area contributed by atoms with Gasteiger partial charge in [0.15, 0.2) is 0 Å². The minimum absolute atomic E-state index is 0.0461. The molecule has 3 N–H and O–H groups in total. The second-order valence-corrected chi connectivity index (χ2v) is 7.73. The van der Waals surface area contributed by atoms with Gasteiger partial charge < -0.3 is 10.2 Å². The number of hydrogen-bond acceptors (Lipinski definition) is 4. The summed E-state index contributed by atoms with van der Waals surface area (Å²) < 4.78 is 22.3. The van der Waals surface area contributed by atoms with Crippen molar-refractivity contribution in [2.45, 2.75) is 31.1 Å². The first-order valence-electron chi connectivity index (χ1n) is 7.96. The quantitative estimate of drug-likeness (QED) is 0.756. The Hall–Kier alpha value is -1.93. The van der Waals surface area contributed by atoms with Crippen molar-refractivity contribution < 1.29 is 18.0 Å². The van der Waals surface area contributed by atoms with Gasteiger partial charge in [-0.05, 0) is 42.9 Å². The number of piperidine rings is 1. The molecule has 0 saturated carbocycles. The first-order valence-corrected chi connectivity index (χ1v) is 9.51. The second kappa shape index (κ2) is 7.76. The molecule has 0 bridgehead atoms. The molecule has 1 saturated heterocycles. The lowest BCUT2D eigenvalue weighted by atomic mass is 9.99. The van der Waals surface area contributed by atoms with Gasteiger partial charge in [-0.1, -0.05) is 19.1 Å². The molecular formula is C16H23N3O4S. The van der Waals surface area contributed by atoms with E-state index in [4.69, 9.17) is 5.14 Å². The van der Waals surface area contributed by atoms with Crippen molar-refractivity contribution >= 4 is 21.8 Å². The lowest BCUT2D eigenvalue weighted by Gasteiger charge is -2.29. The highest BCUT2D eigenvalue weighted by molar-refractivity contribution is 7.89. The number of likely N-dealkylation sites (tertiary alicyclic amines) is 1. The van der Waals surface area contributed by atoms with E-state index in [1.807, 2.05) is 0 Å². The van der Waals surface area contributed by atoms with Gasteiger partial charge >= 0.3 is 11.8 Å². The Bertz CT molecular complexity index is 693. The first kappa shape index (κ1) is 18.4. The zero-order chi connectivity index (χ0) is 17.7. The molecule has 0 aliphatic carbocycles. The summed E-state index contributed by atoms with van der Waals surface area (Å²) in [6.07, 6.45) is 2.35. The topological polar surface area (TPSA) is 110 Å². The summed E-state index contributed by atoms with van der Waals surface area (Å²) in [5.41, 5.74) is 0.849. The average molecular weight is 353 g/mol. The number of nitrogens with zero attached hydrogens (tertiary/aromatic N) is 1. The molecule has 0 atom stereocenters. The van der Waals surface area contributed by atoms with Crippen LogP contribution in [0.15, 0.2) is 29.2 Å². The highest BCUT2D eigenvalue weighted by atomic mass is 32.2. The number of nitrogens with one attached hydrogen (secondary N) is 1. The van der Waals surface area contributed by atoms with E-state index in [1.54, 1.807) is 17.0 Å². The first-order chi connectivity index (χ1) is 11.3. The molecule has 24 heavy (non-hydrogen) atoms. The number of benzene rings is 1. The number of primary sulfonamides is 1. The minimum atomic E-state index is -3.70. The molecule has 0 radical (unpaired) electrons. The minimum Gasteiger partial charge on any atom is -0.347 e. The van der Waals surface area contributed by atoms with Crippen LogP contribution in [-0.4, -0.2) is 44.8 Å². The molecule has 7 nitrogen and oxygen atoms in total. The van der Waals surface area contributed by atoms with Crippen molar-refractivity contribution in [1.29, 1.82) is 0 Å². The van der Waals surface area contributed by atoms with Crippen LogP contribution in [0.5, 0.6) is 0 Å². The van der Waals surface area contributed by atoms with Crippen LogP contribution in [0.1, 0.15) is 25.3 Å². The van der Waals surface area contributed by atoms with E-state index in [-0.39, 0.29) is 4.90 Å². The standard InChI is InChI=1S/C16H23N3O4S/c1-12-7-10-19(11-8-12)16(21)15(20)18-9-6-13-2-4-14(5-3-13)24(17,22)23/h2-5,12H,6-11H2,1H3,(H,18,20)(H2,17,22,23). The molecule has 1 aromatic rings. The van der Waals surface area contributed by atoms with Crippen LogP contribution in [0, 0.1) is 5.92 Å². The second-order valence-electron chi connectivity index (χ2n) is 6.17. The van der Waals surface area contributed by atoms with E-state index in [9.17, 15) is 18.0 Å². The molecule has 132 valence electrons. The number of carbonyl (C=O) groups is 2. The van der Waals surface area contributed by atoms with Crippen LogP contribution >= 0.6 is 0 Å². The third-order valence-electron chi connectivity index (χ3n) is 4.22. The predicted octanol–water partition coefficient (Wildman–Crippen LogP) is 0.251. The van der Waals surface area contributed by atoms with Gasteiger partial charge in [0.05, 0.1) is 4.90 Å². The average Bonchev–Trinajstić information content (AvgIpc) is 2.54. The normalized spacial score (nSPS) is 16.0. The predicted molar refractivity (Wildman–Crippen MR) is 89.5 cm³/mol. The molecule has 1 fully saturated rings. The molecular weight excluding hydrogens is 330 g/mol. The summed E-state index contributed by atoms with van der Waals surface area (Å²) in [5, 5.41) is 7.64.